The van der Waals surface area contributed by atoms with Gasteiger partial charge in [-0.25, -0.2) is 13.2 Å². The number of alkyl halides is 1. The summed E-state index contributed by atoms with van der Waals surface area (Å²) in [6, 6.07) is 5.55. The van der Waals surface area contributed by atoms with Crippen molar-refractivity contribution in [2.24, 2.45) is 0 Å². The van der Waals surface area contributed by atoms with E-state index in [0.717, 1.165) is 12.1 Å². The van der Waals surface area contributed by atoms with Gasteiger partial charge in [0.25, 0.3) is 5.91 Å². The summed E-state index contributed by atoms with van der Waals surface area (Å²) in [4.78, 5) is 28.2. The molecule has 0 radical (unpaired) electrons. The van der Waals surface area contributed by atoms with Crippen molar-refractivity contribution in [3.63, 3.8) is 0 Å². The molecule has 1 amide bonds. The number of piperidine rings is 1. The van der Waals surface area contributed by atoms with Crippen LogP contribution in [0.25, 0.3) is 10.9 Å². The summed E-state index contributed by atoms with van der Waals surface area (Å²) in [6.45, 7) is 1.45. The maximum Gasteiger partial charge on any atom is 0.256 e. The average Bonchev–Trinajstić information content (AvgIpc) is 3.63. The molecule has 1 aliphatic carbocycles. The van der Waals surface area contributed by atoms with Crippen molar-refractivity contribution in [1.82, 2.24) is 14.8 Å². The molecular weight excluding hydrogens is 558 g/mol. The SMILES string of the molecule is O=C(NC1CCN(C[C@H](O)COc2ccc(Cl)c(F)c2)CC1)c1cn(C2CC2F)c2cc(Cl)c(F)cc2c1=O. The van der Waals surface area contributed by atoms with Crippen molar-refractivity contribution < 1.29 is 27.8 Å². The van der Waals surface area contributed by atoms with Crippen LogP contribution in [0.5, 0.6) is 5.75 Å². The molecule has 2 heterocycles. The van der Waals surface area contributed by atoms with E-state index in [1.165, 1.54) is 29.0 Å². The smallest absolute Gasteiger partial charge is 0.256 e. The Balaban J connectivity index is 1.18. The van der Waals surface area contributed by atoms with Crippen molar-refractivity contribution in [1.29, 1.82) is 0 Å². The number of fused-ring (bicyclic) bond motifs is 1. The van der Waals surface area contributed by atoms with Crippen molar-refractivity contribution >= 4 is 40.0 Å². The second-order valence-electron chi connectivity index (χ2n) is 9.97. The highest BCUT2D eigenvalue weighted by atomic mass is 35.5. The van der Waals surface area contributed by atoms with Gasteiger partial charge in [-0.15, -0.1) is 0 Å². The van der Waals surface area contributed by atoms with Crippen LogP contribution in [0.15, 0.2) is 41.3 Å². The van der Waals surface area contributed by atoms with Gasteiger partial charge in [-0.2, -0.15) is 0 Å². The molecule has 2 aromatic carbocycles. The number of amides is 1. The molecule has 12 heteroatoms. The van der Waals surface area contributed by atoms with E-state index in [9.17, 15) is 27.9 Å². The molecule has 2 N–H and O–H groups in total. The second-order valence-corrected chi connectivity index (χ2v) is 10.8. The van der Waals surface area contributed by atoms with Crippen LogP contribution in [-0.4, -0.2) is 65.0 Å². The number of pyridine rings is 1. The van der Waals surface area contributed by atoms with Crippen molar-refractivity contribution in [2.45, 2.75) is 43.6 Å². The van der Waals surface area contributed by atoms with E-state index in [0.29, 0.717) is 32.5 Å². The van der Waals surface area contributed by atoms with Gasteiger partial charge < -0.3 is 24.6 Å². The topological polar surface area (TPSA) is 83.8 Å². The van der Waals surface area contributed by atoms with Gasteiger partial charge >= 0.3 is 0 Å². The number of aliphatic hydroxyl groups is 1. The maximum absolute atomic E-state index is 14.1. The quantitative estimate of drug-likeness (QED) is 0.408. The van der Waals surface area contributed by atoms with Crippen LogP contribution in [0, 0.1) is 11.6 Å². The zero-order chi connectivity index (χ0) is 27.8. The van der Waals surface area contributed by atoms with E-state index in [1.54, 1.807) is 0 Å². The van der Waals surface area contributed by atoms with Crippen LogP contribution in [-0.2, 0) is 0 Å². The largest absolute Gasteiger partial charge is 0.491 e. The number of halogens is 5. The van der Waals surface area contributed by atoms with Gasteiger partial charge in [-0.1, -0.05) is 23.2 Å². The van der Waals surface area contributed by atoms with Crippen LogP contribution in [0.1, 0.15) is 35.7 Å². The normalized spacial score (nSPS) is 20.7. The minimum absolute atomic E-state index is 0.0146. The Hall–Kier alpha value is -2.79. The van der Waals surface area contributed by atoms with Crippen LogP contribution < -0.4 is 15.5 Å². The predicted octanol–water partition coefficient (Wildman–Crippen LogP) is 4.50. The fourth-order valence-corrected chi connectivity index (χ4v) is 5.13. The van der Waals surface area contributed by atoms with Gasteiger partial charge in [-0.3, -0.25) is 9.59 Å². The van der Waals surface area contributed by atoms with E-state index in [1.807, 2.05) is 4.90 Å². The number of carbonyl (C=O) groups is 1. The number of ether oxygens (including phenoxy) is 1. The number of likely N-dealkylation sites (tertiary alicyclic amines) is 1. The van der Waals surface area contributed by atoms with E-state index < -0.39 is 41.3 Å². The third-order valence-corrected chi connectivity index (χ3v) is 7.68. The lowest BCUT2D eigenvalue weighted by Gasteiger charge is -2.33. The minimum atomic E-state index is -1.12. The van der Waals surface area contributed by atoms with Crippen LogP contribution in [0.4, 0.5) is 13.2 Å². The summed E-state index contributed by atoms with van der Waals surface area (Å²) < 4.78 is 48.5. The first-order chi connectivity index (χ1) is 18.6. The first-order valence-corrected chi connectivity index (χ1v) is 13.3. The molecule has 0 spiro atoms. The molecule has 2 aliphatic rings. The van der Waals surface area contributed by atoms with Gasteiger partial charge in [0.1, 0.15) is 41.8 Å². The van der Waals surface area contributed by atoms with Gasteiger partial charge in [0.2, 0.25) is 5.43 Å². The van der Waals surface area contributed by atoms with Crippen LogP contribution in [0.2, 0.25) is 10.0 Å². The Morgan fingerprint density at radius 3 is 2.49 bits per heavy atom. The van der Waals surface area contributed by atoms with E-state index >= 15 is 0 Å². The number of benzene rings is 2. The van der Waals surface area contributed by atoms with Gasteiger partial charge in [0.05, 0.1) is 21.6 Å². The molecule has 0 bridgehead atoms. The Morgan fingerprint density at radius 1 is 1.13 bits per heavy atom. The summed E-state index contributed by atoms with van der Waals surface area (Å²) in [7, 11) is 0. The van der Waals surface area contributed by atoms with Gasteiger partial charge in [0, 0.05) is 49.7 Å². The van der Waals surface area contributed by atoms with Crippen molar-refractivity contribution in [3.8, 4) is 5.75 Å². The number of nitrogens with one attached hydrogen (secondary N) is 1. The molecule has 1 aromatic heterocycles. The van der Waals surface area contributed by atoms with E-state index in [4.69, 9.17) is 27.9 Å². The second kappa shape index (κ2) is 11.4. The highest BCUT2D eigenvalue weighted by molar-refractivity contribution is 6.31. The number of nitrogens with zero attached hydrogens (tertiary/aromatic N) is 2. The van der Waals surface area contributed by atoms with Gasteiger partial charge in [0.15, 0.2) is 0 Å². The number of carbonyl (C=O) groups excluding carboxylic acids is 1. The standard InChI is InChI=1S/C27H26Cl2F3N3O4/c28-19-2-1-16(7-21(19)30)39-13-15(36)11-34-5-3-14(4-6-34)33-27(38)18-12-35(25-10-23(25)32)24-9-20(29)22(31)8-17(24)26(18)37/h1-2,7-9,12,14-15,23,25,36H,3-6,10-11,13H2,(H,33,38)/t15-,23?,25?/m0/s1. The summed E-state index contributed by atoms with van der Waals surface area (Å²) in [5.74, 6) is -1.74. The Kier molecular flexibility index (Phi) is 8.09. The number of rotatable bonds is 8. The van der Waals surface area contributed by atoms with E-state index in [-0.39, 0.29) is 51.3 Å². The molecule has 5 rings (SSSR count). The van der Waals surface area contributed by atoms with Gasteiger partial charge in [-0.05, 0) is 37.1 Å². The summed E-state index contributed by atoms with van der Waals surface area (Å²) >= 11 is 11.6. The average molecular weight is 584 g/mol. The fraction of sp³-hybridized carbons (Fsp3) is 0.407. The number of hydrogen-bond acceptors (Lipinski definition) is 5. The Labute approximate surface area is 232 Å². The molecule has 208 valence electrons. The van der Waals surface area contributed by atoms with Crippen LogP contribution in [0.3, 0.4) is 0 Å². The summed E-state index contributed by atoms with van der Waals surface area (Å²) in [5, 5.41) is 13.0. The molecule has 1 saturated heterocycles. The number of β-amino-alcohol motifs (C(OH)–C–C–N with tert-alkyl or cyclic N) is 1. The van der Waals surface area contributed by atoms with Crippen molar-refractivity contribution in [2.75, 3.05) is 26.2 Å². The number of hydrogen-bond donors (Lipinski definition) is 2. The third kappa shape index (κ3) is 6.19. The molecular formula is C27H26Cl2F3N3O4. The van der Waals surface area contributed by atoms with Crippen molar-refractivity contribution in [3.05, 3.63) is 74.0 Å². The maximum atomic E-state index is 14.1. The minimum Gasteiger partial charge on any atom is -0.491 e. The lowest BCUT2D eigenvalue weighted by Crippen LogP contribution is -2.47. The summed E-state index contributed by atoms with van der Waals surface area (Å²) in [6.07, 6.45) is 0.775. The predicted molar refractivity (Wildman–Crippen MR) is 142 cm³/mol. The van der Waals surface area contributed by atoms with Crippen LogP contribution >= 0.6 is 23.2 Å². The molecule has 7 nitrogen and oxygen atoms in total. The number of aromatic nitrogens is 1. The van der Waals surface area contributed by atoms with E-state index in [2.05, 4.69) is 5.32 Å². The zero-order valence-electron chi connectivity index (χ0n) is 20.7. The first-order valence-electron chi connectivity index (χ1n) is 12.6. The molecule has 1 saturated carbocycles. The monoisotopic (exact) mass is 583 g/mol. The lowest BCUT2D eigenvalue weighted by atomic mass is 10.0. The molecule has 39 heavy (non-hydrogen) atoms. The molecule has 3 atom stereocenters. The highest BCUT2D eigenvalue weighted by Gasteiger charge is 2.40. The Morgan fingerprint density at radius 2 is 1.82 bits per heavy atom. The molecule has 2 fully saturated rings. The molecule has 2 unspecified atom stereocenters. The molecule has 3 aromatic rings. The Bertz CT molecular complexity index is 1460. The number of aliphatic hydroxyl groups excluding tert-OH is 1. The lowest BCUT2D eigenvalue weighted by molar-refractivity contribution is 0.0567. The third-order valence-electron chi connectivity index (χ3n) is 7.08. The first kappa shape index (κ1) is 27.8. The zero-order valence-corrected chi connectivity index (χ0v) is 22.2. The fourth-order valence-electron chi connectivity index (χ4n) is 4.85. The summed E-state index contributed by atoms with van der Waals surface area (Å²) in [5.41, 5.74) is -0.548. The molecule has 1 aliphatic heterocycles. The highest BCUT2D eigenvalue weighted by Crippen LogP contribution is 2.41.